The minimum atomic E-state index is 0.214. The predicted molar refractivity (Wildman–Crippen MR) is 83.6 cm³/mol. The van der Waals surface area contributed by atoms with Crippen LogP contribution in [0.2, 0.25) is 0 Å². The van der Waals surface area contributed by atoms with Crippen LogP contribution < -0.4 is 10.1 Å². The second kappa shape index (κ2) is 7.09. The van der Waals surface area contributed by atoms with Gasteiger partial charge in [-0.2, -0.15) is 5.26 Å². The Bertz CT molecular complexity index is 809. The molecule has 1 heterocycles. The molecule has 0 amide bonds. The van der Waals surface area contributed by atoms with Crippen molar-refractivity contribution in [2.45, 2.75) is 13.2 Å². The van der Waals surface area contributed by atoms with Crippen molar-refractivity contribution in [3.63, 3.8) is 0 Å². The minimum absolute atomic E-state index is 0.214. The number of benzene rings is 2. The van der Waals surface area contributed by atoms with Crippen molar-refractivity contribution >= 4 is 5.69 Å². The Labute approximate surface area is 133 Å². The standard InChI is InChI=1S/C17H14N4O2/c18-10-13-6-4-5-9-15(13)19-11-16-20-21-17(23-16)12-22-14-7-2-1-3-8-14/h1-9,19H,11-12H2. The highest BCUT2D eigenvalue weighted by Crippen LogP contribution is 2.15. The third-order valence-corrected chi connectivity index (χ3v) is 3.09. The zero-order valence-corrected chi connectivity index (χ0v) is 12.3. The fourth-order valence-corrected chi connectivity index (χ4v) is 1.99. The number of nitriles is 1. The Morgan fingerprint density at radius 1 is 1.00 bits per heavy atom. The Morgan fingerprint density at radius 3 is 2.57 bits per heavy atom. The fourth-order valence-electron chi connectivity index (χ4n) is 1.99. The van der Waals surface area contributed by atoms with Gasteiger partial charge in [0.05, 0.1) is 17.8 Å². The Hall–Kier alpha value is -3.33. The van der Waals surface area contributed by atoms with Crippen LogP contribution in [0, 0.1) is 11.3 Å². The van der Waals surface area contributed by atoms with E-state index in [0.29, 0.717) is 23.9 Å². The van der Waals surface area contributed by atoms with Crippen LogP contribution in [0.25, 0.3) is 0 Å². The first-order valence-corrected chi connectivity index (χ1v) is 7.07. The van der Waals surface area contributed by atoms with E-state index >= 15 is 0 Å². The number of hydrogen-bond acceptors (Lipinski definition) is 6. The van der Waals surface area contributed by atoms with Crippen LogP contribution in [0.5, 0.6) is 5.75 Å². The summed E-state index contributed by atoms with van der Waals surface area (Å²) in [5, 5.41) is 20.0. The lowest BCUT2D eigenvalue weighted by Gasteiger charge is -2.04. The van der Waals surface area contributed by atoms with Crippen molar-refractivity contribution in [3.05, 3.63) is 71.9 Å². The smallest absolute Gasteiger partial charge is 0.253 e. The molecule has 0 unspecified atom stereocenters. The maximum atomic E-state index is 9.04. The summed E-state index contributed by atoms with van der Waals surface area (Å²) >= 11 is 0. The van der Waals surface area contributed by atoms with Crippen molar-refractivity contribution in [1.82, 2.24) is 10.2 Å². The van der Waals surface area contributed by atoms with Crippen molar-refractivity contribution in [3.8, 4) is 11.8 Å². The molecule has 1 aromatic heterocycles. The predicted octanol–water partition coefficient (Wildman–Crippen LogP) is 3.13. The number of aromatic nitrogens is 2. The summed E-state index contributed by atoms with van der Waals surface area (Å²) in [5.74, 6) is 1.58. The van der Waals surface area contributed by atoms with Gasteiger partial charge in [0, 0.05) is 0 Å². The van der Waals surface area contributed by atoms with E-state index in [2.05, 4.69) is 21.6 Å². The van der Waals surface area contributed by atoms with E-state index in [1.165, 1.54) is 0 Å². The van der Waals surface area contributed by atoms with E-state index in [1.54, 1.807) is 6.07 Å². The van der Waals surface area contributed by atoms with E-state index in [9.17, 15) is 0 Å². The number of rotatable bonds is 6. The van der Waals surface area contributed by atoms with E-state index in [0.717, 1.165) is 11.4 Å². The lowest BCUT2D eigenvalue weighted by Crippen LogP contribution is -2.01. The number of ether oxygens (including phenoxy) is 1. The molecule has 0 fully saturated rings. The van der Waals surface area contributed by atoms with Crippen LogP contribution in [-0.2, 0) is 13.2 Å². The molecule has 0 saturated heterocycles. The van der Waals surface area contributed by atoms with E-state index in [4.69, 9.17) is 14.4 Å². The normalized spacial score (nSPS) is 10.0. The summed E-state index contributed by atoms with van der Waals surface area (Å²) in [6.45, 7) is 0.558. The molecule has 0 spiro atoms. The first-order valence-electron chi connectivity index (χ1n) is 7.07. The molecule has 0 bridgehead atoms. The van der Waals surface area contributed by atoms with Gasteiger partial charge in [-0.15, -0.1) is 10.2 Å². The van der Waals surface area contributed by atoms with Crippen molar-refractivity contribution in [2.24, 2.45) is 0 Å². The third kappa shape index (κ3) is 3.86. The van der Waals surface area contributed by atoms with Crippen LogP contribution in [0.3, 0.4) is 0 Å². The van der Waals surface area contributed by atoms with Crippen molar-refractivity contribution in [1.29, 1.82) is 5.26 Å². The number of nitrogens with one attached hydrogen (secondary N) is 1. The van der Waals surface area contributed by atoms with Gasteiger partial charge in [0.2, 0.25) is 5.89 Å². The molecule has 0 atom stereocenters. The lowest BCUT2D eigenvalue weighted by atomic mass is 10.2. The molecule has 0 saturated carbocycles. The number of anilines is 1. The average Bonchev–Trinajstić information content (AvgIpc) is 3.07. The van der Waals surface area contributed by atoms with Gasteiger partial charge < -0.3 is 14.5 Å². The number of para-hydroxylation sites is 2. The van der Waals surface area contributed by atoms with E-state index < -0.39 is 0 Å². The molecule has 2 aromatic carbocycles. The first-order chi connectivity index (χ1) is 11.3. The molecule has 0 aliphatic rings. The molecule has 3 aromatic rings. The highest BCUT2D eigenvalue weighted by atomic mass is 16.5. The average molecular weight is 306 g/mol. The van der Waals surface area contributed by atoms with Crippen LogP contribution in [0.15, 0.2) is 59.0 Å². The number of nitrogens with zero attached hydrogens (tertiary/aromatic N) is 3. The first kappa shape index (κ1) is 14.6. The zero-order valence-electron chi connectivity index (χ0n) is 12.3. The van der Waals surface area contributed by atoms with Crippen LogP contribution in [-0.4, -0.2) is 10.2 Å². The van der Waals surface area contributed by atoms with Crippen molar-refractivity contribution < 1.29 is 9.15 Å². The SMILES string of the molecule is N#Cc1ccccc1NCc1nnc(COc2ccccc2)o1. The van der Waals surface area contributed by atoms with Gasteiger partial charge in [0.25, 0.3) is 5.89 Å². The zero-order chi connectivity index (χ0) is 15.9. The summed E-state index contributed by atoms with van der Waals surface area (Å²) in [7, 11) is 0. The molecule has 0 aliphatic heterocycles. The van der Waals surface area contributed by atoms with E-state index in [-0.39, 0.29) is 6.61 Å². The van der Waals surface area contributed by atoms with Crippen molar-refractivity contribution in [2.75, 3.05) is 5.32 Å². The van der Waals surface area contributed by atoms with Gasteiger partial charge in [0.15, 0.2) is 6.61 Å². The van der Waals surface area contributed by atoms with Crippen LogP contribution >= 0.6 is 0 Å². The Kier molecular flexibility index (Phi) is 4.50. The fraction of sp³-hybridized carbons (Fsp3) is 0.118. The Morgan fingerprint density at radius 2 is 1.74 bits per heavy atom. The molecule has 6 nitrogen and oxygen atoms in total. The summed E-state index contributed by atoms with van der Waals surface area (Å²) in [4.78, 5) is 0. The summed E-state index contributed by atoms with van der Waals surface area (Å²) in [5.41, 5.74) is 1.30. The van der Waals surface area contributed by atoms with Gasteiger partial charge in [-0.3, -0.25) is 0 Å². The highest BCUT2D eigenvalue weighted by molar-refractivity contribution is 5.56. The van der Waals surface area contributed by atoms with Gasteiger partial charge in [-0.05, 0) is 24.3 Å². The highest BCUT2D eigenvalue weighted by Gasteiger charge is 2.08. The molecule has 0 aliphatic carbocycles. The molecule has 3 rings (SSSR count). The molecule has 6 heteroatoms. The molecular weight excluding hydrogens is 292 g/mol. The lowest BCUT2D eigenvalue weighted by molar-refractivity contribution is 0.259. The van der Waals surface area contributed by atoms with E-state index in [1.807, 2.05) is 48.5 Å². The molecule has 23 heavy (non-hydrogen) atoms. The molecular formula is C17H14N4O2. The summed E-state index contributed by atoms with van der Waals surface area (Å²) < 4.78 is 11.1. The summed E-state index contributed by atoms with van der Waals surface area (Å²) in [6.07, 6.45) is 0. The molecule has 1 N–H and O–H groups in total. The second-order valence-corrected chi connectivity index (χ2v) is 4.70. The van der Waals surface area contributed by atoms with Crippen LogP contribution in [0.4, 0.5) is 5.69 Å². The van der Waals surface area contributed by atoms with Crippen LogP contribution in [0.1, 0.15) is 17.3 Å². The quantitative estimate of drug-likeness (QED) is 0.753. The Balaban J connectivity index is 1.56. The molecule has 0 radical (unpaired) electrons. The maximum absolute atomic E-state index is 9.04. The largest absolute Gasteiger partial charge is 0.484 e. The van der Waals surface area contributed by atoms with Gasteiger partial charge >= 0.3 is 0 Å². The van der Waals surface area contributed by atoms with Gasteiger partial charge in [0.1, 0.15) is 11.8 Å². The maximum Gasteiger partial charge on any atom is 0.253 e. The number of hydrogen-bond donors (Lipinski definition) is 1. The van der Waals surface area contributed by atoms with Gasteiger partial charge in [-0.1, -0.05) is 30.3 Å². The second-order valence-electron chi connectivity index (χ2n) is 4.70. The third-order valence-electron chi connectivity index (χ3n) is 3.09. The summed E-state index contributed by atoms with van der Waals surface area (Å²) in [6, 6.07) is 18.8. The minimum Gasteiger partial charge on any atom is -0.484 e. The van der Waals surface area contributed by atoms with Gasteiger partial charge in [-0.25, -0.2) is 0 Å². The topological polar surface area (TPSA) is 84.0 Å². The monoisotopic (exact) mass is 306 g/mol. The molecule has 114 valence electrons.